The van der Waals surface area contributed by atoms with Crippen LogP contribution in [0.2, 0.25) is 0 Å². The summed E-state index contributed by atoms with van der Waals surface area (Å²) < 4.78 is 110. The second-order valence-electron chi connectivity index (χ2n) is 7.89. The van der Waals surface area contributed by atoms with E-state index in [0.717, 1.165) is 0 Å². The fourth-order valence-electron chi connectivity index (χ4n) is 3.22. The van der Waals surface area contributed by atoms with Gasteiger partial charge in [0.05, 0.1) is 22.9 Å². The first-order valence-corrected chi connectivity index (χ1v) is 12.0. The van der Waals surface area contributed by atoms with Crippen molar-refractivity contribution in [2.45, 2.75) is 28.8 Å². The quantitative estimate of drug-likeness (QED) is 0.232. The minimum atomic E-state index is -6.05. The van der Waals surface area contributed by atoms with Gasteiger partial charge in [-0.15, -0.1) is 10.1 Å². The number of primary sulfonamides is 1. The van der Waals surface area contributed by atoms with E-state index in [-0.39, 0.29) is 10.6 Å². The monoisotopic (exact) mass is 571 g/mol. The Hall–Kier alpha value is -3.41. The van der Waals surface area contributed by atoms with Crippen molar-refractivity contribution in [1.29, 1.82) is 0 Å². The van der Waals surface area contributed by atoms with Crippen LogP contribution < -0.4 is 10.2 Å². The molecule has 2 N–H and O–H groups in total. The van der Waals surface area contributed by atoms with Crippen molar-refractivity contribution in [2.24, 2.45) is 5.14 Å². The Bertz CT molecular complexity index is 1280. The van der Waals surface area contributed by atoms with Gasteiger partial charge < -0.3 is 9.57 Å². The largest absolute Gasteiger partial charge is 0.376 e. The van der Waals surface area contributed by atoms with Crippen molar-refractivity contribution in [3.05, 3.63) is 76.4 Å². The second kappa shape index (κ2) is 10.8. The van der Waals surface area contributed by atoms with E-state index < -0.39 is 58.8 Å². The van der Waals surface area contributed by atoms with Crippen LogP contribution in [0.25, 0.3) is 5.70 Å². The molecule has 0 aromatic heterocycles. The lowest BCUT2D eigenvalue weighted by Crippen LogP contribution is -2.58. The van der Waals surface area contributed by atoms with Gasteiger partial charge in [-0.25, -0.2) is 18.6 Å². The van der Waals surface area contributed by atoms with Gasteiger partial charge in [-0.1, -0.05) is 30.3 Å². The molecule has 17 heteroatoms. The third kappa shape index (κ3) is 6.35. The molecule has 1 aliphatic heterocycles. The number of nitrogens with zero attached hydrogens (tertiary/aromatic N) is 2. The second-order valence-corrected chi connectivity index (χ2v) is 9.45. The lowest BCUT2D eigenvalue weighted by atomic mass is 10.1. The number of anilines is 1. The zero-order valence-electron chi connectivity index (χ0n) is 19.0. The fourth-order valence-corrected chi connectivity index (χ4v) is 3.74. The van der Waals surface area contributed by atoms with Gasteiger partial charge in [-0.05, 0) is 30.3 Å². The zero-order valence-corrected chi connectivity index (χ0v) is 19.8. The SMILES string of the molecule is NS(=O)(=O)c1ccc(N2OC(COCC(F)(F)C(F)(F)C(F)(F)CO[N+](=O)[O-])C=C2c2ccccc2)cc1. The molecule has 0 spiro atoms. The summed E-state index contributed by atoms with van der Waals surface area (Å²) in [7, 11) is -4.00. The maximum absolute atomic E-state index is 14.0. The highest BCUT2D eigenvalue weighted by molar-refractivity contribution is 7.89. The minimum Gasteiger partial charge on any atom is -0.372 e. The molecule has 0 amide bonds. The number of hydrogen-bond acceptors (Lipinski definition) is 8. The molecular formula is C21H19F6N3O7S. The van der Waals surface area contributed by atoms with E-state index in [1.54, 1.807) is 30.3 Å². The molecule has 0 radical (unpaired) electrons. The van der Waals surface area contributed by atoms with Gasteiger partial charge in [0.1, 0.15) is 12.7 Å². The predicted octanol–water partition coefficient (Wildman–Crippen LogP) is 3.63. The Morgan fingerprint density at radius 3 is 2.11 bits per heavy atom. The Kier molecular flexibility index (Phi) is 8.25. The van der Waals surface area contributed by atoms with Crippen LogP contribution in [-0.2, 0) is 24.4 Å². The average Bonchev–Trinajstić information content (AvgIpc) is 3.27. The number of halogens is 6. The first-order chi connectivity index (χ1) is 17.5. The number of sulfonamides is 1. The number of hydroxylamine groups is 1. The van der Waals surface area contributed by atoms with Crippen LogP contribution >= 0.6 is 0 Å². The summed E-state index contributed by atoms with van der Waals surface area (Å²) in [5.74, 6) is -17.1. The summed E-state index contributed by atoms with van der Waals surface area (Å²) in [5, 5.41) is 14.5. The van der Waals surface area contributed by atoms with Gasteiger partial charge in [0.25, 0.3) is 5.09 Å². The van der Waals surface area contributed by atoms with Crippen LogP contribution in [0.1, 0.15) is 5.56 Å². The third-order valence-electron chi connectivity index (χ3n) is 5.11. The normalized spacial score (nSPS) is 16.9. The first kappa shape index (κ1) is 29.2. The highest BCUT2D eigenvalue weighted by Gasteiger charge is 2.71. The average molecular weight is 571 g/mol. The van der Waals surface area contributed by atoms with Gasteiger partial charge in [0, 0.05) is 5.56 Å². The molecule has 3 rings (SSSR count). The molecule has 38 heavy (non-hydrogen) atoms. The van der Waals surface area contributed by atoms with Gasteiger partial charge in [-0.2, -0.15) is 26.3 Å². The lowest BCUT2D eigenvalue weighted by Gasteiger charge is -2.32. The Balaban J connectivity index is 1.74. The minimum absolute atomic E-state index is 0.200. The van der Waals surface area contributed by atoms with Crippen LogP contribution in [0.4, 0.5) is 32.0 Å². The lowest BCUT2D eigenvalue weighted by molar-refractivity contribution is -0.763. The van der Waals surface area contributed by atoms with Gasteiger partial charge in [0.2, 0.25) is 10.0 Å². The van der Waals surface area contributed by atoms with Crippen molar-refractivity contribution in [3.63, 3.8) is 0 Å². The zero-order chi connectivity index (χ0) is 28.4. The molecule has 2 aromatic carbocycles. The van der Waals surface area contributed by atoms with Gasteiger partial charge in [-0.3, -0.25) is 4.84 Å². The van der Waals surface area contributed by atoms with Crippen LogP contribution in [0.5, 0.6) is 0 Å². The number of alkyl halides is 6. The van der Waals surface area contributed by atoms with E-state index in [0.29, 0.717) is 11.3 Å². The maximum atomic E-state index is 14.0. The van der Waals surface area contributed by atoms with E-state index in [9.17, 15) is 44.9 Å². The molecule has 0 saturated carbocycles. The summed E-state index contributed by atoms with van der Waals surface area (Å²) in [6, 6.07) is 13.4. The maximum Gasteiger partial charge on any atom is 0.376 e. The van der Waals surface area contributed by atoms with E-state index in [2.05, 4.69) is 9.57 Å². The standard InChI is InChI=1S/C21H19F6N3O7S/c22-19(23,21(26,27)20(24,25)13-36-30(31)32)12-35-11-16-10-18(14-4-2-1-3-5-14)29(37-16)15-6-8-17(9-7-15)38(28,33)34/h1-10,16H,11-13H2,(H2,28,33,34). The summed E-state index contributed by atoms with van der Waals surface area (Å²) in [6.45, 7) is -5.55. The molecule has 0 saturated heterocycles. The molecule has 1 atom stereocenters. The highest BCUT2D eigenvalue weighted by Crippen LogP contribution is 2.46. The molecule has 0 aliphatic carbocycles. The van der Waals surface area contributed by atoms with Crippen molar-refractivity contribution < 1.29 is 54.3 Å². The van der Waals surface area contributed by atoms with E-state index in [4.69, 9.17) is 9.98 Å². The van der Waals surface area contributed by atoms with Crippen LogP contribution in [0.3, 0.4) is 0 Å². The summed E-state index contributed by atoms with van der Waals surface area (Å²) >= 11 is 0. The Morgan fingerprint density at radius 1 is 0.974 bits per heavy atom. The molecular weight excluding hydrogens is 552 g/mol. The number of rotatable bonds is 12. The van der Waals surface area contributed by atoms with Crippen molar-refractivity contribution in [2.75, 3.05) is 24.9 Å². The summed E-state index contributed by atoms with van der Waals surface area (Å²) in [5.41, 5.74) is 1.19. The summed E-state index contributed by atoms with van der Waals surface area (Å²) in [6.07, 6.45) is 0.226. The Labute approximate surface area is 211 Å². The van der Waals surface area contributed by atoms with Gasteiger partial charge >= 0.3 is 17.8 Å². The predicted molar refractivity (Wildman–Crippen MR) is 118 cm³/mol. The molecule has 208 valence electrons. The van der Waals surface area contributed by atoms with Crippen LogP contribution in [-0.4, -0.2) is 57.2 Å². The van der Waals surface area contributed by atoms with Crippen molar-refractivity contribution in [1.82, 2.24) is 0 Å². The number of ether oxygens (including phenoxy) is 1. The number of nitrogens with two attached hydrogens (primary N) is 1. The molecule has 10 nitrogen and oxygen atoms in total. The molecule has 1 unspecified atom stereocenters. The molecule has 2 aromatic rings. The fraction of sp³-hybridized carbons (Fsp3) is 0.333. The van der Waals surface area contributed by atoms with E-state index in [1.807, 2.05) is 0 Å². The highest BCUT2D eigenvalue weighted by atomic mass is 32.2. The number of benzene rings is 2. The van der Waals surface area contributed by atoms with E-state index in [1.165, 1.54) is 35.4 Å². The first-order valence-electron chi connectivity index (χ1n) is 10.4. The molecule has 1 heterocycles. The number of hydrogen-bond donors (Lipinski definition) is 1. The molecule has 0 fully saturated rings. The molecule has 0 bridgehead atoms. The van der Waals surface area contributed by atoms with Crippen molar-refractivity contribution >= 4 is 21.4 Å². The van der Waals surface area contributed by atoms with Crippen LogP contribution in [0.15, 0.2) is 65.6 Å². The van der Waals surface area contributed by atoms with E-state index >= 15 is 0 Å². The van der Waals surface area contributed by atoms with Gasteiger partial charge in [0.15, 0.2) is 6.61 Å². The van der Waals surface area contributed by atoms with Crippen LogP contribution in [0, 0.1) is 10.1 Å². The third-order valence-corrected chi connectivity index (χ3v) is 6.04. The smallest absolute Gasteiger partial charge is 0.372 e. The van der Waals surface area contributed by atoms with Crippen molar-refractivity contribution in [3.8, 4) is 0 Å². The topological polar surface area (TPSA) is 134 Å². The Morgan fingerprint density at radius 2 is 1.55 bits per heavy atom. The summed E-state index contributed by atoms with van der Waals surface area (Å²) in [4.78, 5) is 18.6. The molecule has 1 aliphatic rings.